The Hall–Kier alpha value is -3.48. The van der Waals surface area contributed by atoms with Gasteiger partial charge < -0.3 is 4.74 Å². The molecule has 0 bridgehead atoms. The second kappa shape index (κ2) is 6.68. The van der Waals surface area contributed by atoms with Crippen molar-refractivity contribution in [2.45, 2.75) is 19.8 Å². The van der Waals surface area contributed by atoms with Crippen LogP contribution in [-0.4, -0.2) is 27.3 Å². The molecule has 0 aliphatic heterocycles. The van der Waals surface area contributed by atoms with Crippen LogP contribution >= 0.6 is 0 Å². The second-order valence-electron chi connectivity index (χ2n) is 6.24. The molecule has 1 heterocycles. The third-order valence-electron chi connectivity index (χ3n) is 4.66. The molecule has 4 rings (SSSR count). The summed E-state index contributed by atoms with van der Waals surface area (Å²) in [4.78, 5) is 23.3. The number of benzene rings is 2. The van der Waals surface area contributed by atoms with Crippen molar-refractivity contribution in [3.63, 3.8) is 0 Å². The number of non-ortho nitro benzene ring substituents is 1. The summed E-state index contributed by atoms with van der Waals surface area (Å²) in [5.74, 6) is -0.475. The van der Waals surface area contributed by atoms with E-state index in [0.29, 0.717) is 18.5 Å². The van der Waals surface area contributed by atoms with Gasteiger partial charge in [-0.15, -0.1) is 0 Å². The van der Waals surface area contributed by atoms with Crippen molar-refractivity contribution in [1.29, 1.82) is 0 Å². The van der Waals surface area contributed by atoms with E-state index in [4.69, 9.17) is 4.74 Å². The van der Waals surface area contributed by atoms with Gasteiger partial charge in [0.25, 0.3) is 5.69 Å². The van der Waals surface area contributed by atoms with Crippen LogP contribution in [0.1, 0.15) is 28.5 Å². The molecule has 0 amide bonds. The molecule has 0 saturated heterocycles. The summed E-state index contributed by atoms with van der Waals surface area (Å²) in [7, 11) is 0. The summed E-state index contributed by atoms with van der Waals surface area (Å²) in [5, 5.41) is 15.8. The lowest BCUT2D eigenvalue weighted by atomic mass is 9.88. The van der Waals surface area contributed by atoms with Gasteiger partial charge in [0.05, 0.1) is 22.9 Å². The fourth-order valence-corrected chi connectivity index (χ4v) is 3.46. The van der Waals surface area contributed by atoms with Gasteiger partial charge in [0, 0.05) is 23.3 Å². The normalized spacial score (nSPS) is 12.2. The number of hydrogen-bond donors (Lipinski definition) is 0. The average Bonchev–Trinajstić information content (AvgIpc) is 3.08. The van der Waals surface area contributed by atoms with E-state index < -0.39 is 10.9 Å². The van der Waals surface area contributed by atoms with Crippen LogP contribution in [0.3, 0.4) is 0 Å². The smallest absolute Gasteiger partial charge is 0.359 e. The molecule has 1 aromatic heterocycles. The van der Waals surface area contributed by atoms with Gasteiger partial charge in [-0.3, -0.25) is 10.1 Å². The lowest BCUT2D eigenvalue weighted by Gasteiger charge is -2.18. The van der Waals surface area contributed by atoms with Crippen LogP contribution in [0.2, 0.25) is 0 Å². The molecule has 136 valence electrons. The molecule has 1 aliphatic carbocycles. The molecule has 7 nitrogen and oxygen atoms in total. The zero-order valence-corrected chi connectivity index (χ0v) is 14.7. The largest absolute Gasteiger partial charge is 0.461 e. The predicted molar refractivity (Wildman–Crippen MR) is 99.0 cm³/mol. The van der Waals surface area contributed by atoms with E-state index in [1.54, 1.807) is 23.7 Å². The Morgan fingerprint density at radius 1 is 1.22 bits per heavy atom. The first-order valence-corrected chi connectivity index (χ1v) is 8.72. The summed E-state index contributed by atoms with van der Waals surface area (Å²) in [6.45, 7) is 2.01. The van der Waals surface area contributed by atoms with E-state index in [2.05, 4.69) is 5.10 Å². The molecule has 0 radical (unpaired) electrons. The minimum absolute atomic E-state index is 0.0140. The predicted octanol–water partition coefficient (Wildman–Crippen LogP) is 3.72. The first-order valence-electron chi connectivity index (χ1n) is 8.72. The molecule has 0 spiro atoms. The van der Waals surface area contributed by atoms with E-state index in [1.165, 1.54) is 6.07 Å². The van der Waals surface area contributed by atoms with Crippen LogP contribution in [0.25, 0.3) is 16.9 Å². The number of rotatable bonds is 4. The minimum atomic E-state index is -0.475. The molecular formula is C20H17N3O4. The van der Waals surface area contributed by atoms with Gasteiger partial charge in [-0.25, -0.2) is 9.48 Å². The Balaban J connectivity index is 1.98. The second-order valence-corrected chi connectivity index (χ2v) is 6.24. The van der Waals surface area contributed by atoms with E-state index >= 15 is 0 Å². The fourth-order valence-electron chi connectivity index (χ4n) is 3.46. The summed E-state index contributed by atoms with van der Waals surface area (Å²) in [5.41, 5.74) is 4.29. The Morgan fingerprint density at radius 2 is 2.00 bits per heavy atom. The maximum Gasteiger partial charge on any atom is 0.359 e. The SMILES string of the molecule is CCOC(=O)c1nn(-c2ccccc2)c2c1CCc1ccc([N+](=O)[O-])cc1-2. The highest BCUT2D eigenvalue weighted by molar-refractivity contribution is 5.92. The third kappa shape index (κ3) is 2.87. The number of aryl methyl sites for hydroxylation is 1. The van der Waals surface area contributed by atoms with Crippen molar-refractivity contribution in [3.8, 4) is 16.9 Å². The van der Waals surface area contributed by atoms with E-state index in [-0.39, 0.29) is 18.0 Å². The Kier molecular flexibility index (Phi) is 4.19. The third-order valence-corrected chi connectivity index (χ3v) is 4.66. The number of nitro benzene ring substituents is 1. The van der Waals surface area contributed by atoms with Crippen molar-refractivity contribution in [2.24, 2.45) is 0 Å². The van der Waals surface area contributed by atoms with E-state index in [0.717, 1.165) is 22.4 Å². The number of fused-ring (bicyclic) bond motifs is 3. The zero-order chi connectivity index (χ0) is 19.0. The van der Waals surface area contributed by atoms with Crippen molar-refractivity contribution in [3.05, 3.63) is 75.5 Å². The van der Waals surface area contributed by atoms with Crippen molar-refractivity contribution >= 4 is 11.7 Å². The Labute approximate surface area is 155 Å². The number of carbonyl (C=O) groups is 1. The van der Waals surface area contributed by atoms with Crippen LogP contribution in [0.4, 0.5) is 5.69 Å². The molecule has 7 heteroatoms. The molecule has 0 N–H and O–H groups in total. The molecule has 0 saturated carbocycles. The van der Waals surface area contributed by atoms with Crippen LogP contribution < -0.4 is 0 Å². The van der Waals surface area contributed by atoms with E-state index in [1.807, 2.05) is 30.3 Å². The van der Waals surface area contributed by atoms with Gasteiger partial charge in [-0.1, -0.05) is 24.3 Å². The summed E-state index contributed by atoms with van der Waals surface area (Å²) in [6.07, 6.45) is 1.31. The maximum absolute atomic E-state index is 12.4. The summed E-state index contributed by atoms with van der Waals surface area (Å²) < 4.78 is 6.85. The molecule has 27 heavy (non-hydrogen) atoms. The first-order chi connectivity index (χ1) is 13.1. The highest BCUT2D eigenvalue weighted by Crippen LogP contribution is 2.38. The topological polar surface area (TPSA) is 87.3 Å². The quantitative estimate of drug-likeness (QED) is 0.400. The lowest BCUT2D eigenvalue weighted by molar-refractivity contribution is -0.384. The van der Waals surface area contributed by atoms with Gasteiger partial charge in [-0.05, 0) is 37.5 Å². The maximum atomic E-state index is 12.4. The van der Waals surface area contributed by atoms with Crippen LogP contribution in [0, 0.1) is 10.1 Å². The number of para-hydroxylation sites is 1. The monoisotopic (exact) mass is 363 g/mol. The van der Waals surface area contributed by atoms with Crippen molar-refractivity contribution < 1.29 is 14.5 Å². The standard InChI is InChI=1S/C20H17N3O4/c1-2-27-20(24)18-16-11-9-13-8-10-15(23(25)26)12-17(13)19(16)22(21-18)14-6-4-3-5-7-14/h3-8,10,12H,2,9,11H2,1H3. The number of hydrogen-bond acceptors (Lipinski definition) is 5. The number of nitro groups is 1. The summed E-state index contributed by atoms with van der Waals surface area (Å²) >= 11 is 0. The molecule has 0 fully saturated rings. The highest BCUT2D eigenvalue weighted by atomic mass is 16.6. The van der Waals surface area contributed by atoms with Crippen molar-refractivity contribution in [2.75, 3.05) is 6.61 Å². The number of nitrogens with zero attached hydrogens (tertiary/aromatic N) is 3. The molecule has 3 aromatic rings. The van der Waals surface area contributed by atoms with Crippen LogP contribution in [0.5, 0.6) is 0 Å². The minimum Gasteiger partial charge on any atom is -0.461 e. The fraction of sp³-hybridized carbons (Fsp3) is 0.200. The zero-order valence-electron chi connectivity index (χ0n) is 14.7. The number of aromatic nitrogens is 2. The molecular weight excluding hydrogens is 346 g/mol. The van der Waals surface area contributed by atoms with Crippen LogP contribution in [-0.2, 0) is 17.6 Å². The van der Waals surface area contributed by atoms with Gasteiger partial charge in [0.2, 0.25) is 0 Å². The molecule has 0 unspecified atom stereocenters. The number of ether oxygens (including phenoxy) is 1. The van der Waals surface area contributed by atoms with Gasteiger partial charge in [0.15, 0.2) is 5.69 Å². The average molecular weight is 363 g/mol. The molecule has 1 aliphatic rings. The highest BCUT2D eigenvalue weighted by Gasteiger charge is 2.30. The number of esters is 1. The van der Waals surface area contributed by atoms with Crippen molar-refractivity contribution in [1.82, 2.24) is 9.78 Å². The molecule has 2 aromatic carbocycles. The number of carbonyl (C=O) groups excluding carboxylic acids is 1. The van der Waals surface area contributed by atoms with E-state index in [9.17, 15) is 14.9 Å². The Bertz CT molecular complexity index is 1040. The first kappa shape index (κ1) is 17.0. The van der Waals surface area contributed by atoms with Gasteiger partial charge in [0.1, 0.15) is 0 Å². The Morgan fingerprint density at radius 3 is 2.70 bits per heavy atom. The van der Waals surface area contributed by atoms with Crippen LogP contribution in [0.15, 0.2) is 48.5 Å². The van der Waals surface area contributed by atoms with Gasteiger partial charge in [-0.2, -0.15) is 5.10 Å². The molecule has 0 atom stereocenters. The summed E-state index contributed by atoms with van der Waals surface area (Å²) in [6, 6.07) is 14.3. The van der Waals surface area contributed by atoms with Gasteiger partial charge >= 0.3 is 5.97 Å². The lowest BCUT2D eigenvalue weighted by Crippen LogP contribution is -2.11.